The van der Waals surface area contributed by atoms with Crippen LogP contribution in [0.2, 0.25) is 0 Å². The minimum Gasteiger partial charge on any atom is -0.392 e. The summed E-state index contributed by atoms with van der Waals surface area (Å²) < 4.78 is 0. The molecule has 0 aromatic heterocycles. The Morgan fingerprint density at radius 3 is 2.47 bits per heavy atom. The van der Waals surface area contributed by atoms with E-state index in [0.717, 1.165) is 11.3 Å². The maximum Gasteiger partial charge on any atom is 0.229 e. The third-order valence-electron chi connectivity index (χ3n) is 2.54. The lowest BCUT2D eigenvalue weighted by atomic mass is 10.2. The minimum absolute atomic E-state index is 0.00312. The van der Waals surface area contributed by atoms with Crippen LogP contribution in [0.25, 0.3) is 0 Å². The van der Waals surface area contributed by atoms with Gasteiger partial charge in [0, 0.05) is 5.69 Å². The fourth-order valence-electron chi connectivity index (χ4n) is 1.72. The maximum absolute atomic E-state index is 11.5. The zero-order chi connectivity index (χ0) is 10.8. The molecular weight excluding hydrogens is 194 g/mol. The van der Waals surface area contributed by atoms with Gasteiger partial charge in [-0.15, -0.1) is 0 Å². The van der Waals surface area contributed by atoms with Crippen molar-refractivity contribution in [1.29, 1.82) is 0 Å². The molecule has 1 saturated heterocycles. The summed E-state index contributed by atoms with van der Waals surface area (Å²) in [4.78, 5) is 13.0. The number of hydrogen-bond acceptors (Lipinski definition) is 3. The Hall–Kier alpha value is -1.39. The molecule has 1 atom stereocenters. The van der Waals surface area contributed by atoms with Crippen molar-refractivity contribution in [2.45, 2.75) is 19.1 Å². The van der Waals surface area contributed by atoms with Gasteiger partial charge in [0.2, 0.25) is 5.91 Å². The van der Waals surface area contributed by atoms with Gasteiger partial charge >= 0.3 is 0 Å². The predicted molar refractivity (Wildman–Crippen MR) is 55.3 cm³/mol. The van der Waals surface area contributed by atoms with Gasteiger partial charge < -0.3 is 15.1 Å². The molecule has 1 aliphatic heterocycles. The summed E-state index contributed by atoms with van der Waals surface area (Å²) in [6, 6.07) is 7.10. The van der Waals surface area contributed by atoms with Gasteiger partial charge in [0.25, 0.3) is 0 Å². The second kappa shape index (κ2) is 4.00. The summed E-state index contributed by atoms with van der Waals surface area (Å²) in [6.07, 6.45) is -0.364. The lowest BCUT2D eigenvalue weighted by Crippen LogP contribution is -2.25. The van der Waals surface area contributed by atoms with Gasteiger partial charge in [-0.05, 0) is 17.7 Å². The molecule has 0 spiro atoms. The van der Waals surface area contributed by atoms with Crippen molar-refractivity contribution >= 4 is 11.6 Å². The Morgan fingerprint density at radius 2 is 2.00 bits per heavy atom. The number of aliphatic hydroxyl groups excluding tert-OH is 2. The first-order valence-corrected chi connectivity index (χ1v) is 4.89. The Kier molecular flexibility index (Phi) is 2.70. The first kappa shape index (κ1) is 10.1. The number of rotatable bonds is 2. The van der Waals surface area contributed by atoms with Crippen molar-refractivity contribution in [1.82, 2.24) is 0 Å². The highest BCUT2D eigenvalue weighted by atomic mass is 16.3. The third kappa shape index (κ3) is 2.00. The van der Waals surface area contributed by atoms with E-state index in [1.807, 2.05) is 0 Å². The van der Waals surface area contributed by atoms with E-state index in [1.165, 1.54) is 0 Å². The van der Waals surface area contributed by atoms with E-state index in [2.05, 4.69) is 0 Å². The van der Waals surface area contributed by atoms with Crippen LogP contribution in [0, 0.1) is 0 Å². The summed E-state index contributed by atoms with van der Waals surface area (Å²) in [5.74, 6) is -0.0563. The van der Waals surface area contributed by atoms with E-state index in [-0.39, 0.29) is 18.9 Å². The van der Waals surface area contributed by atoms with E-state index in [4.69, 9.17) is 5.11 Å². The smallest absolute Gasteiger partial charge is 0.229 e. The van der Waals surface area contributed by atoms with Crippen LogP contribution >= 0.6 is 0 Å². The van der Waals surface area contributed by atoms with E-state index in [0.29, 0.717) is 6.54 Å². The Labute approximate surface area is 87.8 Å². The van der Waals surface area contributed by atoms with Crippen molar-refractivity contribution in [2.24, 2.45) is 0 Å². The molecular formula is C11H13NO3. The monoisotopic (exact) mass is 207 g/mol. The second-order valence-corrected chi connectivity index (χ2v) is 3.69. The summed E-state index contributed by atoms with van der Waals surface area (Å²) in [6.45, 7) is 0.355. The third-order valence-corrected chi connectivity index (χ3v) is 2.54. The van der Waals surface area contributed by atoms with E-state index < -0.39 is 6.10 Å². The van der Waals surface area contributed by atoms with Crippen molar-refractivity contribution in [3.8, 4) is 0 Å². The molecule has 0 aliphatic carbocycles. The number of carbonyl (C=O) groups excluding carboxylic acids is 1. The zero-order valence-corrected chi connectivity index (χ0v) is 8.26. The number of aliphatic hydroxyl groups is 2. The van der Waals surface area contributed by atoms with Gasteiger partial charge in [0.05, 0.1) is 25.7 Å². The molecule has 1 heterocycles. The quantitative estimate of drug-likeness (QED) is 0.732. The number of amides is 1. The standard InChI is InChI=1S/C11H13NO3/c13-7-8-1-3-9(4-2-8)12-6-10(14)5-11(12)15/h1-4,10,13-14H,5-7H2. The molecule has 1 amide bonds. The topological polar surface area (TPSA) is 60.8 Å². The average Bonchev–Trinajstić information content (AvgIpc) is 2.58. The first-order chi connectivity index (χ1) is 7.20. The number of carbonyl (C=O) groups is 1. The highest BCUT2D eigenvalue weighted by molar-refractivity contribution is 5.96. The summed E-state index contributed by atoms with van der Waals surface area (Å²) in [5.41, 5.74) is 1.58. The maximum atomic E-state index is 11.5. The molecule has 80 valence electrons. The lowest BCUT2D eigenvalue weighted by molar-refractivity contribution is -0.117. The van der Waals surface area contributed by atoms with Gasteiger partial charge in [-0.25, -0.2) is 0 Å². The fraction of sp³-hybridized carbons (Fsp3) is 0.364. The van der Waals surface area contributed by atoms with Gasteiger partial charge in [-0.3, -0.25) is 4.79 Å². The van der Waals surface area contributed by atoms with Crippen LogP contribution in [0.15, 0.2) is 24.3 Å². The summed E-state index contributed by atoms with van der Waals surface area (Å²) >= 11 is 0. The van der Waals surface area contributed by atoms with Crippen LogP contribution in [-0.2, 0) is 11.4 Å². The largest absolute Gasteiger partial charge is 0.392 e. The molecule has 0 bridgehead atoms. The molecule has 1 aromatic carbocycles. The second-order valence-electron chi connectivity index (χ2n) is 3.69. The van der Waals surface area contributed by atoms with Crippen molar-refractivity contribution < 1.29 is 15.0 Å². The average molecular weight is 207 g/mol. The van der Waals surface area contributed by atoms with E-state index in [9.17, 15) is 9.90 Å². The van der Waals surface area contributed by atoms with Crippen molar-refractivity contribution in [3.63, 3.8) is 0 Å². The van der Waals surface area contributed by atoms with Crippen molar-refractivity contribution in [3.05, 3.63) is 29.8 Å². The van der Waals surface area contributed by atoms with Gasteiger partial charge in [-0.2, -0.15) is 0 Å². The van der Waals surface area contributed by atoms with Gasteiger partial charge in [-0.1, -0.05) is 12.1 Å². The summed E-state index contributed by atoms with van der Waals surface area (Å²) in [5, 5.41) is 18.2. The molecule has 4 heteroatoms. The number of β-amino-alcohol motifs (C(OH)–C–C–N with tert-alkyl or cyclic N) is 1. The summed E-state index contributed by atoms with van der Waals surface area (Å²) in [7, 11) is 0. The Bertz CT molecular complexity index is 361. The van der Waals surface area contributed by atoms with Gasteiger partial charge in [0.1, 0.15) is 0 Å². The van der Waals surface area contributed by atoms with E-state index >= 15 is 0 Å². The van der Waals surface area contributed by atoms with Crippen LogP contribution in [0.4, 0.5) is 5.69 Å². The van der Waals surface area contributed by atoms with Crippen LogP contribution < -0.4 is 4.90 Å². The lowest BCUT2D eigenvalue weighted by Gasteiger charge is -2.15. The fourth-order valence-corrected chi connectivity index (χ4v) is 1.72. The SMILES string of the molecule is O=C1CC(O)CN1c1ccc(CO)cc1. The predicted octanol–water partition coefficient (Wildman–Crippen LogP) is 0.277. The number of anilines is 1. The molecule has 4 nitrogen and oxygen atoms in total. The van der Waals surface area contributed by atoms with Crippen molar-refractivity contribution in [2.75, 3.05) is 11.4 Å². The normalized spacial score (nSPS) is 21.1. The molecule has 15 heavy (non-hydrogen) atoms. The zero-order valence-electron chi connectivity index (χ0n) is 8.26. The Balaban J connectivity index is 2.19. The number of hydrogen-bond donors (Lipinski definition) is 2. The molecule has 1 unspecified atom stereocenters. The highest BCUT2D eigenvalue weighted by Gasteiger charge is 2.28. The van der Waals surface area contributed by atoms with E-state index in [1.54, 1.807) is 29.2 Å². The molecule has 1 aromatic rings. The van der Waals surface area contributed by atoms with Crippen LogP contribution in [0.1, 0.15) is 12.0 Å². The first-order valence-electron chi connectivity index (χ1n) is 4.89. The van der Waals surface area contributed by atoms with Crippen LogP contribution in [0.3, 0.4) is 0 Å². The van der Waals surface area contributed by atoms with Gasteiger partial charge in [0.15, 0.2) is 0 Å². The number of benzene rings is 1. The molecule has 1 fully saturated rings. The Morgan fingerprint density at radius 1 is 1.33 bits per heavy atom. The minimum atomic E-state index is -0.560. The highest BCUT2D eigenvalue weighted by Crippen LogP contribution is 2.21. The molecule has 0 radical (unpaired) electrons. The molecule has 2 N–H and O–H groups in total. The van der Waals surface area contributed by atoms with Crippen LogP contribution in [-0.4, -0.2) is 28.8 Å². The molecule has 0 saturated carbocycles. The number of nitrogens with zero attached hydrogens (tertiary/aromatic N) is 1. The van der Waals surface area contributed by atoms with Crippen LogP contribution in [0.5, 0.6) is 0 Å². The molecule has 2 rings (SSSR count). The molecule has 1 aliphatic rings.